The van der Waals surface area contributed by atoms with Crippen LogP contribution >= 0.6 is 11.6 Å². The molecule has 6 nitrogen and oxygen atoms in total. The molecule has 1 fully saturated rings. The number of rotatable bonds is 6. The molecule has 1 saturated carbocycles. The molecule has 0 aliphatic heterocycles. The molecule has 1 aliphatic rings. The molecule has 2 aromatic heterocycles. The van der Waals surface area contributed by atoms with Crippen molar-refractivity contribution in [3.63, 3.8) is 0 Å². The van der Waals surface area contributed by atoms with Crippen LogP contribution < -0.4 is 10.1 Å². The smallest absolute Gasteiger partial charge is 0.247 e. The van der Waals surface area contributed by atoms with Crippen LogP contribution in [0.3, 0.4) is 0 Å². The summed E-state index contributed by atoms with van der Waals surface area (Å²) in [5.41, 5.74) is 1.49. The van der Waals surface area contributed by atoms with Crippen LogP contribution in [0.2, 0.25) is 5.02 Å². The minimum atomic E-state index is -0.214. The molecule has 1 aliphatic carbocycles. The summed E-state index contributed by atoms with van der Waals surface area (Å²) in [6, 6.07) is 3.65. The lowest BCUT2D eigenvalue weighted by atomic mass is 9.90. The Kier molecular flexibility index (Phi) is 6.14. The summed E-state index contributed by atoms with van der Waals surface area (Å²) in [5.74, 6) is 1.43. The zero-order valence-electron chi connectivity index (χ0n) is 15.3. The van der Waals surface area contributed by atoms with Gasteiger partial charge in [0.15, 0.2) is 11.6 Å². The van der Waals surface area contributed by atoms with Gasteiger partial charge in [-0.25, -0.2) is 4.98 Å². The Bertz CT molecular complexity index is 769. The highest BCUT2D eigenvalue weighted by molar-refractivity contribution is 6.31. The van der Waals surface area contributed by atoms with E-state index in [2.05, 4.69) is 15.4 Å². The number of nitrogens with one attached hydrogen (secondary N) is 1. The second-order valence-electron chi connectivity index (χ2n) is 6.86. The molecule has 0 saturated heterocycles. The van der Waals surface area contributed by atoms with Gasteiger partial charge < -0.3 is 10.1 Å². The van der Waals surface area contributed by atoms with E-state index in [9.17, 15) is 4.79 Å². The van der Waals surface area contributed by atoms with E-state index in [1.165, 1.54) is 32.1 Å². The molecular formula is C19H25ClN4O2. The summed E-state index contributed by atoms with van der Waals surface area (Å²) in [7, 11) is 0. The van der Waals surface area contributed by atoms with Crippen molar-refractivity contribution in [3.8, 4) is 5.75 Å². The minimum absolute atomic E-state index is 0.0814. The van der Waals surface area contributed by atoms with Gasteiger partial charge in [0.2, 0.25) is 5.91 Å². The van der Waals surface area contributed by atoms with Crippen molar-refractivity contribution < 1.29 is 9.53 Å². The maximum Gasteiger partial charge on any atom is 0.247 e. The van der Waals surface area contributed by atoms with Crippen LogP contribution in [0.5, 0.6) is 5.75 Å². The van der Waals surface area contributed by atoms with E-state index in [-0.39, 0.29) is 12.5 Å². The SMILES string of the molecule is Cc1nn(CC(=O)Nc2ncccc2OCC2CCCCC2)c(C)c1Cl. The highest BCUT2D eigenvalue weighted by Gasteiger charge is 2.17. The van der Waals surface area contributed by atoms with Crippen LogP contribution in [0.15, 0.2) is 18.3 Å². The molecule has 0 atom stereocenters. The molecule has 2 heterocycles. The van der Waals surface area contributed by atoms with Crippen LogP contribution in [0.25, 0.3) is 0 Å². The van der Waals surface area contributed by atoms with E-state index in [0.29, 0.717) is 34.8 Å². The molecule has 1 amide bonds. The molecule has 0 bridgehead atoms. The molecule has 140 valence electrons. The average Bonchev–Trinajstić information content (AvgIpc) is 2.88. The lowest BCUT2D eigenvalue weighted by molar-refractivity contribution is -0.117. The Labute approximate surface area is 158 Å². The third-order valence-corrected chi connectivity index (χ3v) is 5.36. The van der Waals surface area contributed by atoms with Crippen molar-refractivity contribution in [2.24, 2.45) is 5.92 Å². The zero-order chi connectivity index (χ0) is 18.5. The predicted molar refractivity (Wildman–Crippen MR) is 102 cm³/mol. The van der Waals surface area contributed by atoms with Gasteiger partial charge in [-0.2, -0.15) is 5.10 Å². The zero-order valence-corrected chi connectivity index (χ0v) is 16.1. The van der Waals surface area contributed by atoms with Crippen molar-refractivity contribution >= 4 is 23.3 Å². The molecule has 0 radical (unpaired) electrons. The number of anilines is 1. The molecular weight excluding hydrogens is 352 g/mol. The van der Waals surface area contributed by atoms with Crippen molar-refractivity contribution in [2.45, 2.75) is 52.5 Å². The van der Waals surface area contributed by atoms with E-state index in [4.69, 9.17) is 16.3 Å². The molecule has 0 unspecified atom stereocenters. The number of hydrogen-bond donors (Lipinski definition) is 1. The molecule has 0 aromatic carbocycles. The Balaban J connectivity index is 1.61. The summed E-state index contributed by atoms with van der Waals surface area (Å²) in [4.78, 5) is 16.7. The normalized spacial score (nSPS) is 15.0. The number of amides is 1. The highest BCUT2D eigenvalue weighted by Crippen LogP contribution is 2.27. The summed E-state index contributed by atoms with van der Waals surface area (Å²) in [6.07, 6.45) is 7.93. The van der Waals surface area contributed by atoms with Crippen LogP contribution in [0.4, 0.5) is 5.82 Å². The third-order valence-electron chi connectivity index (χ3n) is 4.81. The monoisotopic (exact) mass is 376 g/mol. The third kappa shape index (κ3) is 4.55. The summed E-state index contributed by atoms with van der Waals surface area (Å²) in [6.45, 7) is 4.41. The van der Waals surface area contributed by atoms with Gasteiger partial charge in [0, 0.05) is 6.20 Å². The molecule has 1 N–H and O–H groups in total. The van der Waals surface area contributed by atoms with Crippen molar-refractivity contribution in [1.29, 1.82) is 0 Å². The van der Waals surface area contributed by atoms with E-state index in [0.717, 1.165) is 5.69 Å². The largest absolute Gasteiger partial charge is 0.489 e. The second-order valence-corrected chi connectivity index (χ2v) is 7.23. The number of carbonyl (C=O) groups excluding carboxylic acids is 1. The standard InChI is InChI=1S/C19H25ClN4O2/c1-13-18(20)14(2)24(23-13)11-17(25)22-19-16(9-6-10-21-19)26-12-15-7-4-3-5-8-15/h6,9-10,15H,3-5,7-8,11-12H2,1-2H3,(H,21,22,25). The van der Waals surface area contributed by atoms with Crippen LogP contribution in [-0.2, 0) is 11.3 Å². The maximum absolute atomic E-state index is 12.4. The number of ether oxygens (including phenoxy) is 1. The van der Waals surface area contributed by atoms with Gasteiger partial charge >= 0.3 is 0 Å². The second kappa shape index (κ2) is 8.54. The molecule has 26 heavy (non-hydrogen) atoms. The van der Waals surface area contributed by atoms with Gasteiger partial charge in [0.1, 0.15) is 6.54 Å². The first-order valence-electron chi connectivity index (χ1n) is 9.11. The lowest BCUT2D eigenvalue weighted by Crippen LogP contribution is -2.22. The van der Waals surface area contributed by atoms with Crippen molar-refractivity contribution in [1.82, 2.24) is 14.8 Å². The Morgan fingerprint density at radius 3 is 2.81 bits per heavy atom. The van der Waals surface area contributed by atoms with Crippen LogP contribution in [0, 0.1) is 19.8 Å². The average molecular weight is 377 g/mol. The van der Waals surface area contributed by atoms with E-state index in [1.54, 1.807) is 10.9 Å². The Hall–Kier alpha value is -2.08. The minimum Gasteiger partial charge on any atom is -0.489 e. The number of pyridine rings is 1. The van der Waals surface area contributed by atoms with E-state index in [1.807, 2.05) is 26.0 Å². The number of nitrogens with zero attached hydrogens (tertiary/aromatic N) is 3. The lowest BCUT2D eigenvalue weighted by Gasteiger charge is -2.22. The Morgan fingerprint density at radius 1 is 1.35 bits per heavy atom. The summed E-state index contributed by atoms with van der Waals surface area (Å²) >= 11 is 6.13. The van der Waals surface area contributed by atoms with Gasteiger partial charge in [-0.3, -0.25) is 9.48 Å². The van der Waals surface area contributed by atoms with Gasteiger partial charge in [-0.15, -0.1) is 0 Å². The predicted octanol–water partition coefficient (Wildman–Crippen LogP) is 4.15. The molecule has 0 spiro atoms. The van der Waals surface area contributed by atoms with Gasteiger partial charge in [-0.05, 0) is 44.7 Å². The highest BCUT2D eigenvalue weighted by atomic mass is 35.5. The maximum atomic E-state index is 12.4. The Morgan fingerprint density at radius 2 is 2.12 bits per heavy atom. The molecule has 2 aromatic rings. The number of aryl methyl sites for hydroxylation is 1. The fourth-order valence-corrected chi connectivity index (χ4v) is 3.43. The quantitative estimate of drug-likeness (QED) is 0.822. The first-order chi connectivity index (χ1) is 12.5. The first-order valence-corrected chi connectivity index (χ1v) is 9.49. The number of aromatic nitrogens is 3. The fourth-order valence-electron chi connectivity index (χ4n) is 3.30. The summed E-state index contributed by atoms with van der Waals surface area (Å²) < 4.78 is 7.55. The van der Waals surface area contributed by atoms with Gasteiger partial charge in [-0.1, -0.05) is 30.9 Å². The molecule has 3 rings (SSSR count). The van der Waals surface area contributed by atoms with Gasteiger partial charge in [0.25, 0.3) is 0 Å². The molecule has 7 heteroatoms. The number of carbonyl (C=O) groups is 1. The van der Waals surface area contributed by atoms with Crippen molar-refractivity contribution in [2.75, 3.05) is 11.9 Å². The summed E-state index contributed by atoms with van der Waals surface area (Å²) in [5, 5.41) is 7.70. The number of halogens is 1. The van der Waals surface area contributed by atoms with Crippen LogP contribution in [0.1, 0.15) is 43.5 Å². The van der Waals surface area contributed by atoms with E-state index >= 15 is 0 Å². The van der Waals surface area contributed by atoms with E-state index < -0.39 is 0 Å². The number of hydrogen-bond acceptors (Lipinski definition) is 4. The first kappa shape index (κ1) is 18.7. The van der Waals surface area contributed by atoms with Crippen LogP contribution in [-0.4, -0.2) is 27.3 Å². The van der Waals surface area contributed by atoms with Gasteiger partial charge in [0.05, 0.1) is 23.0 Å². The fraction of sp³-hybridized carbons (Fsp3) is 0.526. The topological polar surface area (TPSA) is 69.0 Å². The van der Waals surface area contributed by atoms with Crippen molar-refractivity contribution in [3.05, 3.63) is 34.7 Å².